The second-order valence-electron chi connectivity index (χ2n) is 7.53. The van der Waals surface area contributed by atoms with E-state index in [9.17, 15) is 14.4 Å². The van der Waals surface area contributed by atoms with Gasteiger partial charge in [0.25, 0.3) is 11.8 Å². The summed E-state index contributed by atoms with van der Waals surface area (Å²) in [5.74, 6) is -2.94. The highest BCUT2D eigenvalue weighted by atomic mass is 16.5. The van der Waals surface area contributed by atoms with Gasteiger partial charge < -0.3 is 20.3 Å². The number of methoxy groups -OCH3 is 1. The fourth-order valence-corrected chi connectivity index (χ4v) is 3.95. The number of nitrogens with two attached hydrogens (primary N) is 1. The van der Waals surface area contributed by atoms with Crippen LogP contribution in [-0.4, -0.2) is 47.7 Å². The van der Waals surface area contributed by atoms with Crippen LogP contribution in [0.5, 0.6) is 5.75 Å². The van der Waals surface area contributed by atoms with Crippen LogP contribution in [-0.2, 0) is 11.2 Å². The zero-order chi connectivity index (χ0) is 30.9. The molecule has 34 heavy (non-hydrogen) atoms. The van der Waals surface area contributed by atoms with E-state index in [1.807, 2.05) is 0 Å². The molecule has 1 saturated heterocycles. The van der Waals surface area contributed by atoms with Gasteiger partial charge in [0, 0.05) is 41.8 Å². The average Bonchev–Trinajstić information content (AvgIpc) is 3.32. The Morgan fingerprint density at radius 1 is 1.06 bits per heavy atom. The fourth-order valence-electron chi connectivity index (χ4n) is 3.95. The van der Waals surface area contributed by atoms with Crippen LogP contribution in [0.1, 0.15) is 56.7 Å². The third kappa shape index (κ3) is 3.68. The molecule has 1 aromatic heterocycles. The van der Waals surface area contributed by atoms with E-state index in [1.54, 1.807) is 0 Å². The van der Waals surface area contributed by atoms with Crippen molar-refractivity contribution < 1.29 is 30.1 Å². The maximum atomic E-state index is 13.9. The van der Waals surface area contributed by atoms with Crippen molar-refractivity contribution in [3.05, 3.63) is 65.4 Å². The first-order valence-electron chi connectivity index (χ1n) is 14.5. The zero-order valence-electron chi connectivity index (χ0n) is 26.1. The minimum atomic E-state index is -2.23. The summed E-state index contributed by atoms with van der Waals surface area (Å²) in [6, 6.07) is 3.60. The normalized spacial score (nSPS) is 22.3. The number of carbonyl (C=O) groups is 3. The van der Waals surface area contributed by atoms with Crippen LogP contribution in [0.3, 0.4) is 0 Å². The number of ether oxygens (including phenoxy) is 1. The Morgan fingerprint density at radius 2 is 1.74 bits per heavy atom. The van der Waals surface area contributed by atoms with E-state index in [4.69, 9.17) is 21.4 Å². The van der Waals surface area contributed by atoms with Crippen molar-refractivity contribution in [1.82, 2.24) is 9.78 Å². The largest absolute Gasteiger partial charge is 0.497 e. The van der Waals surface area contributed by atoms with Gasteiger partial charge in [0.15, 0.2) is 5.69 Å². The molecule has 9 heteroatoms. The lowest BCUT2D eigenvalue weighted by atomic mass is 10.0. The van der Waals surface area contributed by atoms with Crippen molar-refractivity contribution in [3.8, 4) is 11.4 Å². The number of hydrogen-bond acceptors (Lipinski definition) is 5. The van der Waals surface area contributed by atoms with Gasteiger partial charge >= 0.3 is 0 Å². The van der Waals surface area contributed by atoms with Gasteiger partial charge in [-0.3, -0.25) is 14.4 Å². The standard InChI is InChI=1S/C25H25N5O4/c1-34-19-11-9-18(10-12-19)30-23-20(22(27-30)24(26)32)13-15-29(25(23)33)17-7-5-16(6-8-17)28-14-3-2-4-21(28)31/h5-12H,2-4,13-15H2,1H3,(H2,26,32)/i4D2,9D,10D,11D,12D,14D2. The minimum Gasteiger partial charge on any atom is -0.497 e. The topological polar surface area (TPSA) is 111 Å². The SMILES string of the molecule is [2H]c1c([2H])c(-n2nc(C(N)=O)c3c2C(=O)N(c2ccc(N4C(=O)C([2H])([2H])CCC4([2H])[2H])cc2)CC3)c([2H])c([2H])c1OC. The Labute approximate surface area is 207 Å². The predicted molar refractivity (Wildman–Crippen MR) is 127 cm³/mol. The molecule has 0 bridgehead atoms. The van der Waals surface area contributed by atoms with Crippen LogP contribution in [0.4, 0.5) is 11.4 Å². The van der Waals surface area contributed by atoms with E-state index < -0.39 is 54.8 Å². The summed E-state index contributed by atoms with van der Waals surface area (Å²) in [5.41, 5.74) is 5.33. The number of rotatable bonds is 5. The number of amides is 3. The van der Waals surface area contributed by atoms with Gasteiger partial charge in [-0.2, -0.15) is 5.10 Å². The van der Waals surface area contributed by atoms with E-state index >= 15 is 0 Å². The Balaban J connectivity index is 1.58. The molecule has 0 saturated carbocycles. The fraction of sp³-hybridized carbons (Fsp3) is 0.280. The maximum Gasteiger partial charge on any atom is 0.277 e. The predicted octanol–water partition coefficient (Wildman–Crippen LogP) is 2.70. The smallest absolute Gasteiger partial charge is 0.277 e. The first-order valence-corrected chi connectivity index (χ1v) is 10.5. The molecule has 2 aromatic carbocycles. The molecule has 5 rings (SSSR count). The van der Waals surface area contributed by atoms with Crippen molar-refractivity contribution >= 4 is 29.1 Å². The molecule has 2 aliphatic heterocycles. The van der Waals surface area contributed by atoms with Gasteiger partial charge in [0.2, 0.25) is 5.91 Å². The number of benzene rings is 2. The van der Waals surface area contributed by atoms with Crippen molar-refractivity contribution in [2.24, 2.45) is 5.73 Å². The number of anilines is 2. The molecule has 3 amide bonds. The molecule has 174 valence electrons. The van der Waals surface area contributed by atoms with Crippen molar-refractivity contribution in [1.29, 1.82) is 0 Å². The third-order valence-corrected chi connectivity index (χ3v) is 5.55. The summed E-state index contributed by atoms with van der Waals surface area (Å²) in [7, 11) is 1.20. The number of fused-ring (bicyclic) bond motifs is 1. The number of carbonyl (C=O) groups excluding carboxylic acids is 3. The van der Waals surface area contributed by atoms with E-state index in [2.05, 4.69) is 5.10 Å². The first kappa shape index (κ1) is 14.2. The summed E-state index contributed by atoms with van der Waals surface area (Å²) >= 11 is 0. The van der Waals surface area contributed by atoms with Crippen LogP contribution in [0.15, 0.2) is 48.4 Å². The van der Waals surface area contributed by atoms with Crippen LogP contribution < -0.4 is 20.3 Å². The van der Waals surface area contributed by atoms with Gasteiger partial charge in [-0.25, -0.2) is 4.68 Å². The maximum absolute atomic E-state index is 13.9. The first-order chi connectivity index (χ1) is 19.6. The lowest BCUT2D eigenvalue weighted by Gasteiger charge is -2.29. The molecule has 2 aliphatic rings. The highest BCUT2D eigenvalue weighted by molar-refractivity contribution is 6.09. The number of primary amides is 1. The molecule has 3 aromatic rings. The van der Waals surface area contributed by atoms with Crippen LogP contribution in [0, 0.1) is 0 Å². The monoisotopic (exact) mass is 467 g/mol. The molecule has 0 aliphatic carbocycles. The zero-order valence-corrected chi connectivity index (χ0v) is 18.1. The Morgan fingerprint density at radius 3 is 2.38 bits per heavy atom. The third-order valence-electron chi connectivity index (χ3n) is 5.55. The van der Waals surface area contributed by atoms with Crippen molar-refractivity contribution in [2.45, 2.75) is 25.6 Å². The van der Waals surface area contributed by atoms with Gasteiger partial charge in [0.1, 0.15) is 11.4 Å². The Bertz CT molecular complexity index is 1630. The number of piperidine rings is 1. The molecule has 0 spiro atoms. The van der Waals surface area contributed by atoms with Crippen LogP contribution >= 0.6 is 0 Å². The molecule has 0 atom stereocenters. The molecule has 0 radical (unpaired) electrons. The van der Waals surface area contributed by atoms with Gasteiger partial charge in [-0.05, 0) is 67.7 Å². The number of nitrogens with zero attached hydrogens (tertiary/aromatic N) is 4. The van der Waals surface area contributed by atoms with Gasteiger partial charge in [-0.15, -0.1) is 0 Å². The second kappa shape index (κ2) is 8.66. The van der Waals surface area contributed by atoms with Gasteiger partial charge in [-0.1, -0.05) is 0 Å². The molecule has 3 heterocycles. The summed E-state index contributed by atoms with van der Waals surface area (Å²) in [6.45, 7) is -2.05. The highest BCUT2D eigenvalue weighted by Gasteiger charge is 2.34. The lowest BCUT2D eigenvalue weighted by molar-refractivity contribution is -0.119. The molecule has 9 nitrogen and oxygen atoms in total. The summed E-state index contributed by atoms with van der Waals surface area (Å²) in [4.78, 5) is 41.0. The van der Waals surface area contributed by atoms with Crippen LogP contribution in [0.25, 0.3) is 5.69 Å². The quantitative estimate of drug-likeness (QED) is 0.620. The molecular weight excluding hydrogens is 434 g/mol. The van der Waals surface area contributed by atoms with E-state index in [0.29, 0.717) is 5.69 Å². The molecular formula is C25H25N5O4. The van der Waals surface area contributed by atoms with Gasteiger partial charge in [0.05, 0.1) is 18.3 Å². The van der Waals surface area contributed by atoms with Crippen LogP contribution in [0.2, 0.25) is 0 Å². The number of aromatic nitrogens is 2. The van der Waals surface area contributed by atoms with Crippen molar-refractivity contribution in [2.75, 3.05) is 30.0 Å². The van der Waals surface area contributed by atoms with Crippen molar-refractivity contribution in [3.63, 3.8) is 0 Å². The molecule has 2 N–H and O–H groups in total. The van der Waals surface area contributed by atoms with E-state index in [0.717, 1.165) is 9.58 Å². The molecule has 0 unspecified atom stereocenters. The Kier molecular flexibility index (Phi) is 3.62. The summed E-state index contributed by atoms with van der Waals surface area (Å²) in [6.07, 6.45) is -2.58. The van der Waals surface area contributed by atoms with E-state index in [-0.39, 0.29) is 59.9 Å². The summed E-state index contributed by atoms with van der Waals surface area (Å²) in [5, 5.41) is 4.14. The number of hydrogen-bond donors (Lipinski definition) is 1. The average molecular weight is 468 g/mol. The highest BCUT2D eigenvalue weighted by Crippen LogP contribution is 2.31. The Hall–Kier alpha value is -4.14. The lowest BCUT2D eigenvalue weighted by Crippen LogP contribution is -2.39. The molecule has 1 fully saturated rings. The summed E-state index contributed by atoms with van der Waals surface area (Å²) < 4.78 is 71.7. The minimum absolute atomic E-state index is 0.0701. The van der Waals surface area contributed by atoms with E-state index in [1.165, 1.54) is 36.3 Å². The second-order valence-corrected chi connectivity index (χ2v) is 7.53.